The SMILES string of the molecule is Cn1nnc2cc(CNC(=O)C3CC(Cc4ccc(F)c(Cl)c4F)CN3C(=O)C(N)CCC(=O)N3CCCC3)ccc21. The van der Waals surface area contributed by atoms with Gasteiger partial charge in [-0.3, -0.25) is 14.4 Å². The van der Waals surface area contributed by atoms with Gasteiger partial charge in [-0.15, -0.1) is 5.10 Å². The normalized spacial score (nSPS) is 19.5. The summed E-state index contributed by atoms with van der Waals surface area (Å²) in [6, 6.07) is 6.17. The Labute approximate surface area is 247 Å². The minimum atomic E-state index is -0.971. The molecule has 0 radical (unpaired) electrons. The second kappa shape index (κ2) is 12.7. The van der Waals surface area contributed by atoms with Crippen LogP contribution in [0.4, 0.5) is 8.78 Å². The van der Waals surface area contributed by atoms with Gasteiger partial charge in [-0.1, -0.05) is 28.9 Å². The van der Waals surface area contributed by atoms with Crippen molar-refractivity contribution in [1.82, 2.24) is 30.1 Å². The van der Waals surface area contributed by atoms with Crippen LogP contribution >= 0.6 is 11.6 Å². The van der Waals surface area contributed by atoms with Crippen molar-refractivity contribution in [3.05, 3.63) is 58.1 Å². The zero-order valence-corrected chi connectivity index (χ0v) is 24.1. The molecule has 1 aromatic heterocycles. The highest BCUT2D eigenvalue weighted by Crippen LogP contribution is 2.31. The van der Waals surface area contributed by atoms with Gasteiger partial charge in [0.2, 0.25) is 17.7 Å². The number of amides is 3. The van der Waals surface area contributed by atoms with Crippen LogP contribution in [0, 0.1) is 17.6 Å². The maximum absolute atomic E-state index is 14.7. The molecule has 0 aliphatic carbocycles. The number of fused-ring (bicyclic) bond motifs is 1. The molecule has 2 saturated heterocycles. The highest BCUT2D eigenvalue weighted by atomic mass is 35.5. The van der Waals surface area contributed by atoms with E-state index in [0.29, 0.717) is 18.6 Å². The molecular weight excluding hydrogens is 568 g/mol. The molecule has 3 atom stereocenters. The van der Waals surface area contributed by atoms with E-state index in [9.17, 15) is 23.2 Å². The van der Waals surface area contributed by atoms with E-state index in [2.05, 4.69) is 15.6 Å². The Morgan fingerprint density at radius 3 is 2.69 bits per heavy atom. The van der Waals surface area contributed by atoms with Crippen molar-refractivity contribution >= 4 is 40.4 Å². The molecule has 13 heteroatoms. The molecule has 2 fully saturated rings. The fourth-order valence-electron chi connectivity index (χ4n) is 5.84. The smallest absolute Gasteiger partial charge is 0.243 e. The van der Waals surface area contributed by atoms with Crippen LogP contribution in [0.3, 0.4) is 0 Å². The van der Waals surface area contributed by atoms with Gasteiger partial charge in [0.25, 0.3) is 0 Å². The summed E-state index contributed by atoms with van der Waals surface area (Å²) in [6.07, 6.45) is 2.65. The predicted molar refractivity (Wildman–Crippen MR) is 152 cm³/mol. The molecular formula is C29H34ClF2N7O3. The van der Waals surface area contributed by atoms with Crippen molar-refractivity contribution in [3.63, 3.8) is 0 Å². The lowest BCUT2D eigenvalue weighted by molar-refractivity contribution is -0.140. The fourth-order valence-corrected chi connectivity index (χ4v) is 6.03. The van der Waals surface area contributed by atoms with Gasteiger partial charge in [0.15, 0.2) is 0 Å². The number of nitrogens with one attached hydrogen (secondary N) is 1. The molecule has 10 nitrogen and oxygen atoms in total. The van der Waals surface area contributed by atoms with Crippen molar-refractivity contribution < 1.29 is 23.2 Å². The van der Waals surface area contributed by atoms with E-state index in [-0.39, 0.29) is 62.1 Å². The predicted octanol–water partition coefficient (Wildman–Crippen LogP) is 2.71. The van der Waals surface area contributed by atoms with E-state index in [0.717, 1.165) is 30.0 Å². The number of aryl methyl sites for hydroxylation is 1. The molecule has 224 valence electrons. The van der Waals surface area contributed by atoms with Gasteiger partial charge >= 0.3 is 0 Å². The first-order chi connectivity index (χ1) is 20.1. The first-order valence-corrected chi connectivity index (χ1v) is 14.5. The number of carbonyl (C=O) groups excluding carboxylic acids is 3. The summed E-state index contributed by atoms with van der Waals surface area (Å²) < 4.78 is 30.0. The van der Waals surface area contributed by atoms with Crippen molar-refractivity contribution in [2.45, 2.75) is 57.2 Å². The second-order valence-corrected chi connectivity index (χ2v) is 11.5. The number of nitrogens with two attached hydrogens (primary N) is 1. The number of aromatic nitrogens is 3. The van der Waals surface area contributed by atoms with Gasteiger partial charge in [-0.2, -0.15) is 0 Å². The van der Waals surface area contributed by atoms with E-state index in [1.165, 1.54) is 11.0 Å². The summed E-state index contributed by atoms with van der Waals surface area (Å²) in [5.41, 5.74) is 8.82. The Morgan fingerprint density at radius 1 is 1.17 bits per heavy atom. The van der Waals surface area contributed by atoms with Crippen LogP contribution in [0.5, 0.6) is 0 Å². The maximum Gasteiger partial charge on any atom is 0.243 e. The lowest BCUT2D eigenvalue weighted by atomic mass is 9.96. The van der Waals surface area contributed by atoms with Crippen LogP contribution in [0.2, 0.25) is 5.02 Å². The van der Waals surface area contributed by atoms with Crippen molar-refractivity contribution in [1.29, 1.82) is 0 Å². The van der Waals surface area contributed by atoms with Crippen LogP contribution in [-0.4, -0.2) is 74.2 Å². The molecule has 3 aromatic rings. The molecule has 0 bridgehead atoms. The monoisotopic (exact) mass is 601 g/mol. The van der Waals surface area contributed by atoms with E-state index in [1.54, 1.807) is 16.6 Å². The van der Waals surface area contributed by atoms with E-state index in [4.69, 9.17) is 17.3 Å². The highest BCUT2D eigenvalue weighted by Gasteiger charge is 2.41. The van der Waals surface area contributed by atoms with Gasteiger partial charge in [0.05, 0.1) is 11.6 Å². The number of nitrogens with zero attached hydrogens (tertiary/aromatic N) is 5. The number of halogens is 3. The zero-order valence-electron chi connectivity index (χ0n) is 23.4. The number of carbonyl (C=O) groups is 3. The molecule has 2 aliphatic rings. The summed E-state index contributed by atoms with van der Waals surface area (Å²) in [7, 11) is 1.79. The van der Waals surface area contributed by atoms with Crippen LogP contribution in [-0.2, 0) is 34.4 Å². The highest BCUT2D eigenvalue weighted by molar-refractivity contribution is 6.30. The van der Waals surface area contributed by atoms with Crippen molar-refractivity contribution in [3.8, 4) is 0 Å². The number of rotatable bonds is 9. The third-order valence-electron chi connectivity index (χ3n) is 8.18. The topological polar surface area (TPSA) is 126 Å². The standard InChI is InChI=1S/C29H34ClF2N7O3/c1-37-23-8-4-17(13-22(23)35-36-37)15-34-28(41)24-14-18(12-19-5-6-20(31)26(30)27(19)32)16-39(24)29(42)21(33)7-9-25(40)38-10-2-3-11-38/h4-6,8,13,18,21,24H,2-3,7,9-12,14-16,33H2,1H3,(H,34,41). The number of hydrogen-bond donors (Lipinski definition) is 2. The van der Waals surface area contributed by atoms with Crippen LogP contribution in [0.1, 0.15) is 43.2 Å². The lowest BCUT2D eigenvalue weighted by Crippen LogP contribution is -2.51. The van der Waals surface area contributed by atoms with Gasteiger partial charge < -0.3 is 20.9 Å². The molecule has 2 aromatic carbocycles. The molecule has 0 spiro atoms. The maximum atomic E-state index is 14.7. The molecule has 2 aliphatic heterocycles. The van der Waals surface area contributed by atoms with Crippen molar-refractivity contribution in [2.75, 3.05) is 19.6 Å². The quantitative estimate of drug-likeness (QED) is 0.363. The Bertz CT molecular complexity index is 1490. The summed E-state index contributed by atoms with van der Waals surface area (Å²) in [5, 5.41) is 10.4. The minimum absolute atomic E-state index is 0.0342. The lowest BCUT2D eigenvalue weighted by Gasteiger charge is -2.27. The third kappa shape index (κ3) is 6.39. The average Bonchev–Trinajstić information content (AvgIpc) is 3.75. The van der Waals surface area contributed by atoms with Gasteiger partial charge in [0.1, 0.15) is 28.2 Å². The van der Waals surface area contributed by atoms with Crippen molar-refractivity contribution in [2.24, 2.45) is 18.7 Å². The van der Waals surface area contributed by atoms with E-state index in [1.807, 2.05) is 18.2 Å². The molecule has 3 unspecified atom stereocenters. The van der Waals surface area contributed by atoms with E-state index < -0.39 is 34.6 Å². The van der Waals surface area contributed by atoms with E-state index >= 15 is 0 Å². The van der Waals surface area contributed by atoms with Gasteiger partial charge in [-0.25, -0.2) is 13.5 Å². The van der Waals surface area contributed by atoms with Crippen LogP contribution in [0.15, 0.2) is 30.3 Å². The molecule has 0 saturated carbocycles. The minimum Gasteiger partial charge on any atom is -0.350 e. The summed E-state index contributed by atoms with van der Waals surface area (Å²) >= 11 is 5.78. The fraction of sp³-hybridized carbons (Fsp3) is 0.483. The second-order valence-electron chi connectivity index (χ2n) is 11.1. The zero-order chi connectivity index (χ0) is 30.0. The molecule has 3 N–H and O–H groups in total. The summed E-state index contributed by atoms with van der Waals surface area (Å²) in [4.78, 5) is 42.7. The molecule has 3 amide bonds. The Hall–Kier alpha value is -3.64. The van der Waals surface area contributed by atoms with Crippen LogP contribution in [0.25, 0.3) is 11.0 Å². The third-order valence-corrected chi connectivity index (χ3v) is 8.53. The van der Waals surface area contributed by atoms with Gasteiger partial charge in [-0.05, 0) is 67.3 Å². The molecule has 3 heterocycles. The van der Waals surface area contributed by atoms with Gasteiger partial charge in [0, 0.05) is 39.6 Å². The largest absolute Gasteiger partial charge is 0.350 e. The number of benzene rings is 2. The summed E-state index contributed by atoms with van der Waals surface area (Å²) in [5.74, 6) is -2.84. The average molecular weight is 602 g/mol. The summed E-state index contributed by atoms with van der Waals surface area (Å²) in [6.45, 7) is 1.79. The Morgan fingerprint density at radius 2 is 1.93 bits per heavy atom. The molecule has 5 rings (SSSR count). The Kier molecular flexibility index (Phi) is 9.02. The first-order valence-electron chi connectivity index (χ1n) is 14.1. The van der Waals surface area contributed by atoms with Crippen LogP contribution < -0.4 is 11.1 Å². The number of hydrogen-bond acceptors (Lipinski definition) is 6. The molecule has 42 heavy (non-hydrogen) atoms. The number of likely N-dealkylation sites (tertiary alicyclic amines) is 2. The first kappa shape index (κ1) is 29.8. The Balaban J connectivity index is 1.28.